The number of rotatable bonds is 5. The van der Waals surface area contributed by atoms with Gasteiger partial charge in [0.25, 0.3) is 5.91 Å². The van der Waals surface area contributed by atoms with Gasteiger partial charge in [-0.15, -0.1) is 0 Å². The topological polar surface area (TPSA) is 93.2 Å². The Morgan fingerprint density at radius 2 is 1.96 bits per heavy atom. The summed E-state index contributed by atoms with van der Waals surface area (Å²) in [5.41, 5.74) is 9.78. The Morgan fingerprint density at radius 1 is 1.14 bits per heavy atom. The van der Waals surface area contributed by atoms with Gasteiger partial charge >= 0.3 is 0 Å². The molecule has 6 nitrogen and oxygen atoms in total. The van der Waals surface area contributed by atoms with Gasteiger partial charge in [0.2, 0.25) is 0 Å². The highest BCUT2D eigenvalue weighted by Crippen LogP contribution is 2.29. The molecular formula is C22H24N4O2. The molecule has 2 heterocycles. The van der Waals surface area contributed by atoms with Crippen LogP contribution in [-0.4, -0.2) is 32.7 Å². The lowest BCUT2D eigenvalue weighted by molar-refractivity contribution is 0.100. The van der Waals surface area contributed by atoms with Gasteiger partial charge in [-0.1, -0.05) is 0 Å². The number of nitrogens with zero attached hydrogens (tertiary/aromatic N) is 2. The number of pyridine rings is 1. The maximum atomic E-state index is 11.9. The lowest BCUT2D eigenvalue weighted by Gasteiger charge is -2.28. The fraction of sp³-hybridized carbons (Fsp3) is 0.273. The number of carbonyl (C=O) groups is 1. The molecule has 0 radical (unpaired) electrons. The molecule has 0 unspecified atom stereocenters. The van der Waals surface area contributed by atoms with Gasteiger partial charge < -0.3 is 20.7 Å². The standard InChI is InChI=1S/C22H24N4O2/c23-22(28)19-10-7-17(13-20(19)25-16-5-8-18(27)9-6-16)26-12-2-4-21(26)15-3-1-11-24-14-15/h1-4,7,10-14,16,18,25,27H,5-6,8-9H2,(H2,23,28)/t16-,18-. The van der Waals surface area contributed by atoms with E-state index < -0.39 is 5.91 Å². The molecule has 1 amide bonds. The van der Waals surface area contributed by atoms with E-state index in [1.165, 1.54) is 0 Å². The van der Waals surface area contributed by atoms with Gasteiger partial charge in [0.15, 0.2) is 0 Å². The molecule has 0 saturated heterocycles. The number of hydrogen-bond donors (Lipinski definition) is 3. The first kappa shape index (κ1) is 18.3. The van der Waals surface area contributed by atoms with Crippen molar-refractivity contribution in [2.45, 2.75) is 37.8 Å². The maximum absolute atomic E-state index is 11.9. The van der Waals surface area contributed by atoms with Crippen LogP contribution in [0.2, 0.25) is 0 Å². The Labute approximate surface area is 164 Å². The third-order valence-electron chi connectivity index (χ3n) is 5.31. The van der Waals surface area contributed by atoms with Crippen LogP contribution in [0.15, 0.2) is 61.1 Å². The number of amides is 1. The van der Waals surface area contributed by atoms with E-state index in [1.54, 1.807) is 12.3 Å². The smallest absolute Gasteiger partial charge is 0.250 e. The van der Waals surface area contributed by atoms with Crippen molar-refractivity contribution >= 4 is 11.6 Å². The highest BCUT2D eigenvalue weighted by Gasteiger charge is 2.21. The minimum atomic E-state index is -0.454. The molecule has 1 aliphatic rings. The molecule has 1 fully saturated rings. The van der Waals surface area contributed by atoms with Gasteiger partial charge in [-0.25, -0.2) is 0 Å². The molecule has 2 aromatic heterocycles. The second kappa shape index (κ2) is 7.86. The largest absolute Gasteiger partial charge is 0.393 e. The van der Waals surface area contributed by atoms with E-state index in [0.29, 0.717) is 5.56 Å². The number of aromatic nitrogens is 2. The van der Waals surface area contributed by atoms with Crippen LogP contribution in [0.25, 0.3) is 16.9 Å². The van der Waals surface area contributed by atoms with E-state index in [4.69, 9.17) is 5.73 Å². The summed E-state index contributed by atoms with van der Waals surface area (Å²) in [5.74, 6) is -0.454. The van der Waals surface area contributed by atoms with Gasteiger partial charge in [-0.2, -0.15) is 0 Å². The molecule has 144 valence electrons. The predicted molar refractivity (Wildman–Crippen MR) is 109 cm³/mol. The Kier molecular flexibility index (Phi) is 5.12. The first-order valence-corrected chi connectivity index (χ1v) is 9.58. The third-order valence-corrected chi connectivity index (χ3v) is 5.31. The van der Waals surface area contributed by atoms with Crippen LogP contribution in [0.1, 0.15) is 36.0 Å². The summed E-state index contributed by atoms with van der Waals surface area (Å²) in [6.07, 6.45) is 8.63. The quantitative estimate of drug-likeness (QED) is 0.637. The second-order valence-corrected chi connectivity index (χ2v) is 7.25. The zero-order valence-corrected chi connectivity index (χ0v) is 15.6. The Morgan fingerprint density at radius 3 is 2.68 bits per heavy atom. The van der Waals surface area contributed by atoms with Crippen molar-refractivity contribution < 1.29 is 9.90 Å². The van der Waals surface area contributed by atoms with Crippen LogP contribution >= 0.6 is 0 Å². The average Bonchev–Trinajstić information content (AvgIpc) is 3.20. The summed E-state index contributed by atoms with van der Waals surface area (Å²) in [7, 11) is 0. The summed E-state index contributed by atoms with van der Waals surface area (Å²) in [4.78, 5) is 16.1. The molecular weight excluding hydrogens is 352 g/mol. The van der Waals surface area contributed by atoms with E-state index in [-0.39, 0.29) is 12.1 Å². The SMILES string of the molecule is NC(=O)c1ccc(-n2cccc2-c2cccnc2)cc1N[C@H]1CC[C@H](O)CC1. The maximum Gasteiger partial charge on any atom is 0.250 e. The summed E-state index contributed by atoms with van der Waals surface area (Å²) >= 11 is 0. The first-order chi connectivity index (χ1) is 13.6. The number of hydrogen-bond acceptors (Lipinski definition) is 4. The highest BCUT2D eigenvalue weighted by molar-refractivity contribution is 5.99. The van der Waals surface area contributed by atoms with Crippen molar-refractivity contribution in [1.82, 2.24) is 9.55 Å². The van der Waals surface area contributed by atoms with Crippen LogP contribution in [0.5, 0.6) is 0 Å². The summed E-state index contributed by atoms with van der Waals surface area (Å²) in [5, 5.41) is 13.2. The summed E-state index contributed by atoms with van der Waals surface area (Å²) < 4.78 is 2.07. The zero-order valence-electron chi connectivity index (χ0n) is 15.6. The van der Waals surface area contributed by atoms with Crippen molar-refractivity contribution in [3.63, 3.8) is 0 Å². The molecule has 1 aromatic carbocycles. The van der Waals surface area contributed by atoms with Gasteiger partial charge in [-0.05, 0) is 68.1 Å². The van der Waals surface area contributed by atoms with Gasteiger partial charge in [0, 0.05) is 41.6 Å². The van der Waals surface area contributed by atoms with Crippen molar-refractivity contribution in [3.05, 3.63) is 66.6 Å². The average molecular weight is 376 g/mol. The van der Waals surface area contributed by atoms with E-state index in [9.17, 15) is 9.90 Å². The number of aliphatic hydroxyl groups is 1. The summed E-state index contributed by atoms with van der Waals surface area (Å²) in [6, 6.07) is 13.8. The molecule has 0 atom stereocenters. The number of carbonyl (C=O) groups excluding carboxylic acids is 1. The zero-order chi connectivity index (χ0) is 19.5. The molecule has 0 aliphatic heterocycles. The van der Waals surface area contributed by atoms with Crippen LogP contribution in [0, 0.1) is 0 Å². The lowest BCUT2D eigenvalue weighted by Crippen LogP contribution is -2.29. The van der Waals surface area contributed by atoms with Gasteiger partial charge in [-0.3, -0.25) is 9.78 Å². The van der Waals surface area contributed by atoms with Gasteiger partial charge in [0.05, 0.1) is 17.4 Å². The van der Waals surface area contributed by atoms with Crippen molar-refractivity contribution in [3.8, 4) is 16.9 Å². The molecule has 0 bridgehead atoms. The van der Waals surface area contributed by atoms with Crippen molar-refractivity contribution in [2.24, 2.45) is 5.73 Å². The van der Waals surface area contributed by atoms with Crippen molar-refractivity contribution in [2.75, 3.05) is 5.32 Å². The first-order valence-electron chi connectivity index (χ1n) is 9.58. The van der Waals surface area contributed by atoms with E-state index in [0.717, 1.165) is 48.3 Å². The molecule has 28 heavy (non-hydrogen) atoms. The number of aliphatic hydroxyl groups excluding tert-OH is 1. The highest BCUT2D eigenvalue weighted by atomic mass is 16.3. The Hall–Kier alpha value is -3.12. The van der Waals surface area contributed by atoms with Crippen LogP contribution < -0.4 is 11.1 Å². The molecule has 4 rings (SSSR count). The number of primary amides is 1. The lowest BCUT2D eigenvalue weighted by atomic mass is 9.92. The number of anilines is 1. The molecule has 1 aliphatic carbocycles. The summed E-state index contributed by atoms with van der Waals surface area (Å²) in [6.45, 7) is 0. The molecule has 4 N–H and O–H groups in total. The van der Waals surface area contributed by atoms with Crippen LogP contribution in [0.3, 0.4) is 0 Å². The predicted octanol–water partition coefficient (Wildman–Crippen LogP) is 3.35. The minimum absolute atomic E-state index is 0.220. The van der Waals surface area contributed by atoms with E-state index >= 15 is 0 Å². The molecule has 3 aromatic rings. The number of nitrogens with two attached hydrogens (primary N) is 1. The van der Waals surface area contributed by atoms with E-state index in [2.05, 4.69) is 14.9 Å². The number of benzene rings is 1. The minimum Gasteiger partial charge on any atom is -0.393 e. The van der Waals surface area contributed by atoms with Crippen molar-refractivity contribution in [1.29, 1.82) is 0 Å². The normalized spacial score (nSPS) is 19.3. The fourth-order valence-electron chi connectivity index (χ4n) is 3.81. The Bertz CT molecular complexity index is 960. The molecule has 0 spiro atoms. The van der Waals surface area contributed by atoms with Crippen LogP contribution in [0.4, 0.5) is 5.69 Å². The fourth-order valence-corrected chi connectivity index (χ4v) is 3.81. The van der Waals surface area contributed by atoms with Crippen LogP contribution in [-0.2, 0) is 0 Å². The molecule has 6 heteroatoms. The number of nitrogens with one attached hydrogen (secondary N) is 1. The third kappa shape index (κ3) is 3.77. The monoisotopic (exact) mass is 376 g/mol. The van der Waals surface area contributed by atoms with E-state index in [1.807, 2.05) is 48.8 Å². The molecule has 1 saturated carbocycles. The van der Waals surface area contributed by atoms with Gasteiger partial charge in [0.1, 0.15) is 0 Å². The Balaban J connectivity index is 1.68. The second-order valence-electron chi connectivity index (χ2n) is 7.25.